The van der Waals surface area contributed by atoms with Crippen LogP contribution in [0.3, 0.4) is 0 Å². The maximum Gasteiger partial charge on any atom is 0.438 e. The molecule has 4 rings (SSSR count). The van der Waals surface area contributed by atoms with E-state index in [2.05, 4.69) is 10.1 Å². The highest BCUT2D eigenvalue weighted by Crippen LogP contribution is 2.26. The predicted molar refractivity (Wildman–Crippen MR) is 93.7 cm³/mol. The summed E-state index contributed by atoms with van der Waals surface area (Å²) in [6.07, 6.45) is -1.38. The van der Waals surface area contributed by atoms with E-state index in [1.165, 1.54) is 6.07 Å². The lowest BCUT2D eigenvalue weighted by atomic mass is 10.2. The van der Waals surface area contributed by atoms with E-state index in [-0.39, 0.29) is 12.1 Å². The van der Waals surface area contributed by atoms with E-state index < -0.39 is 17.4 Å². The van der Waals surface area contributed by atoms with Gasteiger partial charge in [0.05, 0.1) is 23.3 Å². The Morgan fingerprint density at radius 3 is 2.37 bits per heavy atom. The van der Waals surface area contributed by atoms with Crippen LogP contribution < -0.4 is 5.56 Å². The van der Waals surface area contributed by atoms with Crippen LogP contribution in [0.5, 0.6) is 0 Å². The largest absolute Gasteiger partial charge is 0.438 e. The van der Waals surface area contributed by atoms with Crippen molar-refractivity contribution in [2.75, 3.05) is 0 Å². The standard InChI is InChI=1S/C19H13F3N4O/c20-19(21,22)17-18(27)25(16-5-2-1-4-15(16)24-17)12-13-6-8-14(9-7-13)26-11-3-10-23-26/h1-11H,12H2. The molecule has 8 heteroatoms. The molecule has 0 atom stereocenters. The van der Waals surface area contributed by atoms with E-state index in [4.69, 9.17) is 0 Å². The van der Waals surface area contributed by atoms with E-state index in [0.717, 1.165) is 10.3 Å². The lowest BCUT2D eigenvalue weighted by molar-refractivity contribution is -0.142. The topological polar surface area (TPSA) is 52.7 Å². The molecular formula is C19H13F3N4O. The highest BCUT2D eigenvalue weighted by molar-refractivity contribution is 5.74. The zero-order valence-corrected chi connectivity index (χ0v) is 13.9. The molecule has 0 aliphatic carbocycles. The lowest BCUT2D eigenvalue weighted by Gasteiger charge is -2.14. The van der Waals surface area contributed by atoms with Gasteiger partial charge in [-0.1, -0.05) is 24.3 Å². The number of nitrogens with zero attached hydrogens (tertiary/aromatic N) is 4. The average molecular weight is 370 g/mol. The van der Waals surface area contributed by atoms with Crippen molar-refractivity contribution in [3.63, 3.8) is 0 Å². The highest BCUT2D eigenvalue weighted by atomic mass is 19.4. The fraction of sp³-hybridized carbons (Fsp3) is 0.105. The van der Waals surface area contributed by atoms with Crippen molar-refractivity contribution in [1.29, 1.82) is 0 Å². The first kappa shape index (κ1) is 17.0. The van der Waals surface area contributed by atoms with Gasteiger partial charge in [0.25, 0.3) is 5.56 Å². The molecule has 0 saturated heterocycles. The third kappa shape index (κ3) is 3.21. The van der Waals surface area contributed by atoms with Crippen molar-refractivity contribution in [2.45, 2.75) is 12.7 Å². The number of hydrogen-bond acceptors (Lipinski definition) is 3. The van der Waals surface area contributed by atoms with Gasteiger partial charge >= 0.3 is 6.18 Å². The van der Waals surface area contributed by atoms with Gasteiger partial charge in [-0.3, -0.25) is 4.79 Å². The molecule has 0 saturated carbocycles. The number of rotatable bonds is 3. The minimum Gasteiger partial charge on any atom is -0.300 e. The second-order valence-corrected chi connectivity index (χ2v) is 5.96. The zero-order chi connectivity index (χ0) is 19.0. The second-order valence-electron chi connectivity index (χ2n) is 5.96. The molecule has 0 aliphatic rings. The van der Waals surface area contributed by atoms with Gasteiger partial charge in [-0.2, -0.15) is 18.3 Å². The SMILES string of the molecule is O=c1c(C(F)(F)F)nc2ccccc2n1Cc1ccc(-n2cccn2)cc1. The van der Waals surface area contributed by atoms with E-state index >= 15 is 0 Å². The second kappa shape index (κ2) is 6.39. The first-order chi connectivity index (χ1) is 12.9. The fourth-order valence-corrected chi connectivity index (χ4v) is 2.89. The quantitative estimate of drug-likeness (QED) is 0.553. The number of para-hydroxylation sites is 2. The molecule has 0 spiro atoms. The predicted octanol–water partition coefficient (Wildman–Crippen LogP) is 3.65. The summed E-state index contributed by atoms with van der Waals surface area (Å²) in [5.74, 6) is 0. The monoisotopic (exact) mass is 370 g/mol. The van der Waals surface area contributed by atoms with Gasteiger partial charge in [0.15, 0.2) is 0 Å². The van der Waals surface area contributed by atoms with Crippen LogP contribution in [0.15, 0.2) is 71.8 Å². The van der Waals surface area contributed by atoms with Crippen molar-refractivity contribution >= 4 is 11.0 Å². The Morgan fingerprint density at radius 2 is 1.70 bits per heavy atom. The van der Waals surface area contributed by atoms with Crippen LogP contribution in [-0.2, 0) is 12.7 Å². The van der Waals surface area contributed by atoms with E-state index in [1.807, 2.05) is 0 Å². The van der Waals surface area contributed by atoms with E-state index in [0.29, 0.717) is 11.1 Å². The van der Waals surface area contributed by atoms with Crippen molar-refractivity contribution in [3.8, 4) is 5.69 Å². The fourth-order valence-electron chi connectivity index (χ4n) is 2.89. The summed E-state index contributed by atoms with van der Waals surface area (Å²) in [5, 5.41) is 4.12. The summed E-state index contributed by atoms with van der Waals surface area (Å²) in [5.41, 5.74) is -0.583. The molecule has 0 N–H and O–H groups in total. The first-order valence-electron chi connectivity index (χ1n) is 8.09. The molecule has 0 fully saturated rings. The molecule has 4 aromatic rings. The number of hydrogen-bond donors (Lipinski definition) is 0. The summed E-state index contributed by atoms with van der Waals surface area (Å²) >= 11 is 0. The molecular weight excluding hydrogens is 357 g/mol. The summed E-state index contributed by atoms with van der Waals surface area (Å²) < 4.78 is 42.4. The Morgan fingerprint density at radius 1 is 0.963 bits per heavy atom. The van der Waals surface area contributed by atoms with Gasteiger partial charge in [-0.05, 0) is 35.9 Å². The summed E-state index contributed by atoms with van der Waals surface area (Å²) in [6.45, 7) is 0.00430. The van der Waals surface area contributed by atoms with Gasteiger partial charge in [-0.15, -0.1) is 0 Å². The molecule has 5 nitrogen and oxygen atoms in total. The Labute approximate surface area is 151 Å². The molecule has 0 bridgehead atoms. The molecule has 2 aromatic heterocycles. The molecule has 27 heavy (non-hydrogen) atoms. The normalized spacial score (nSPS) is 11.8. The third-order valence-electron chi connectivity index (χ3n) is 4.17. The van der Waals surface area contributed by atoms with E-state index in [1.54, 1.807) is 65.6 Å². The molecule has 0 aliphatic heterocycles. The number of fused-ring (bicyclic) bond motifs is 1. The Balaban J connectivity index is 1.79. The van der Waals surface area contributed by atoms with Crippen LogP contribution in [0.4, 0.5) is 13.2 Å². The summed E-state index contributed by atoms with van der Waals surface area (Å²) in [6, 6.07) is 15.2. The number of halogens is 3. The maximum atomic E-state index is 13.2. The van der Waals surface area contributed by atoms with Crippen molar-refractivity contribution in [3.05, 3.63) is 88.6 Å². The van der Waals surface area contributed by atoms with Gasteiger partial charge in [0.1, 0.15) is 0 Å². The minimum absolute atomic E-state index is 0.00430. The Kier molecular flexibility index (Phi) is 4.02. The van der Waals surface area contributed by atoms with E-state index in [9.17, 15) is 18.0 Å². The molecule has 2 aromatic carbocycles. The molecule has 0 amide bonds. The number of aromatic nitrogens is 4. The molecule has 136 valence electrons. The smallest absolute Gasteiger partial charge is 0.300 e. The van der Waals surface area contributed by atoms with Gasteiger partial charge in [0.2, 0.25) is 5.69 Å². The van der Waals surface area contributed by atoms with Crippen LogP contribution in [-0.4, -0.2) is 19.3 Å². The van der Waals surface area contributed by atoms with Gasteiger partial charge in [0, 0.05) is 12.4 Å². The van der Waals surface area contributed by atoms with Crippen LogP contribution in [0.2, 0.25) is 0 Å². The number of benzene rings is 2. The van der Waals surface area contributed by atoms with Crippen molar-refractivity contribution in [1.82, 2.24) is 19.3 Å². The maximum absolute atomic E-state index is 13.2. The molecule has 0 unspecified atom stereocenters. The highest BCUT2D eigenvalue weighted by Gasteiger charge is 2.37. The molecule has 2 heterocycles. The average Bonchev–Trinajstić information content (AvgIpc) is 3.18. The Hall–Kier alpha value is -3.42. The summed E-state index contributed by atoms with van der Waals surface area (Å²) in [4.78, 5) is 16.0. The molecule has 0 radical (unpaired) electrons. The zero-order valence-electron chi connectivity index (χ0n) is 13.9. The van der Waals surface area contributed by atoms with Crippen LogP contribution in [0.25, 0.3) is 16.7 Å². The van der Waals surface area contributed by atoms with Gasteiger partial charge < -0.3 is 4.57 Å². The first-order valence-corrected chi connectivity index (χ1v) is 8.09. The van der Waals surface area contributed by atoms with Crippen LogP contribution in [0.1, 0.15) is 11.3 Å². The van der Waals surface area contributed by atoms with Crippen LogP contribution >= 0.6 is 0 Å². The summed E-state index contributed by atoms with van der Waals surface area (Å²) in [7, 11) is 0. The van der Waals surface area contributed by atoms with Crippen LogP contribution in [0, 0.1) is 0 Å². The van der Waals surface area contributed by atoms with Gasteiger partial charge in [-0.25, -0.2) is 9.67 Å². The minimum atomic E-state index is -4.81. The van der Waals surface area contributed by atoms with Crippen molar-refractivity contribution in [2.24, 2.45) is 0 Å². The van der Waals surface area contributed by atoms with Crippen molar-refractivity contribution < 1.29 is 13.2 Å². The lowest BCUT2D eigenvalue weighted by Crippen LogP contribution is -2.31. The Bertz CT molecular complexity index is 1150. The third-order valence-corrected chi connectivity index (χ3v) is 4.17. The number of alkyl halides is 3.